The van der Waals surface area contributed by atoms with Crippen LogP contribution in [0.2, 0.25) is 5.02 Å². The minimum absolute atomic E-state index is 0.0141. The van der Waals surface area contributed by atoms with Crippen LogP contribution in [0.3, 0.4) is 0 Å². The zero-order valence-electron chi connectivity index (χ0n) is 17.2. The van der Waals surface area contributed by atoms with Gasteiger partial charge in [-0.05, 0) is 44.0 Å². The summed E-state index contributed by atoms with van der Waals surface area (Å²) in [7, 11) is -4.08. The molecule has 0 saturated carbocycles. The summed E-state index contributed by atoms with van der Waals surface area (Å²) in [5.74, 6) is -2.25. The lowest BCUT2D eigenvalue weighted by molar-refractivity contribution is -0.154. The fourth-order valence-electron chi connectivity index (χ4n) is 3.73. The fourth-order valence-corrected chi connectivity index (χ4v) is 5.62. The molecule has 4 atom stereocenters. The molecule has 9 nitrogen and oxygen atoms in total. The van der Waals surface area contributed by atoms with Gasteiger partial charge in [0.1, 0.15) is 17.5 Å². The van der Waals surface area contributed by atoms with Crippen molar-refractivity contribution in [2.45, 2.75) is 49.9 Å². The van der Waals surface area contributed by atoms with E-state index in [1.807, 2.05) is 6.92 Å². The van der Waals surface area contributed by atoms with Crippen LogP contribution in [0.15, 0.2) is 29.8 Å². The summed E-state index contributed by atoms with van der Waals surface area (Å²) < 4.78 is 45.4. The molecule has 31 heavy (non-hydrogen) atoms. The van der Waals surface area contributed by atoms with Gasteiger partial charge in [0, 0.05) is 6.42 Å². The van der Waals surface area contributed by atoms with Gasteiger partial charge in [-0.1, -0.05) is 17.7 Å². The first kappa shape index (κ1) is 24.0. The molecule has 1 aliphatic heterocycles. The van der Waals surface area contributed by atoms with Crippen LogP contribution in [0, 0.1) is 6.92 Å². The van der Waals surface area contributed by atoms with Crippen LogP contribution in [-0.2, 0) is 29.0 Å². The highest BCUT2D eigenvalue weighted by Gasteiger charge is 2.51. The molecule has 0 amide bonds. The highest BCUT2D eigenvalue weighted by atomic mass is 35.5. The molecule has 0 radical (unpaired) electrons. The Kier molecular flexibility index (Phi) is 7.29. The molecule has 11 heteroatoms. The van der Waals surface area contributed by atoms with Gasteiger partial charge in [-0.2, -0.15) is 0 Å². The molecule has 3 N–H and O–H groups in total. The summed E-state index contributed by atoms with van der Waals surface area (Å²) in [6.07, 6.45) is -0.242. The predicted octanol–water partition coefficient (Wildman–Crippen LogP) is 1.51. The van der Waals surface area contributed by atoms with Crippen LogP contribution in [0.1, 0.15) is 25.3 Å². The number of hydrogen-bond donors (Lipinski definition) is 3. The SMILES string of the molecule is CCOC(=O)C1=CC2(CCC1S(=O)(=O)Nc1ccc(C)cc1Cl)OC(CO)[C@@H](CO)O2. The number of rotatable bonds is 7. The molecule has 1 aromatic rings. The molecule has 1 spiro atoms. The van der Waals surface area contributed by atoms with Crippen molar-refractivity contribution in [3.05, 3.63) is 40.4 Å². The fraction of sp³-hybridized carbons (Fsp3) is 0.550. The number of carbonyl (C=O) groups excluding carboxylic acids is 1. The Labute approximate surface area is 186 Å². The number of aliphatic hydroxyl groups excluding tert-OH is 2. The molecule has 1 fully saturated rings. The third-order valence-electron chi connectivity index (χ3n) is 5.22. The number of benzene rings is 1. The third-order valence-corrected chi connectivity index (χ3v) is 7.27. The lowest BCUT2D eigenvalue weighted by Gasteiger charge is -2.33. The number of esters is 1. The minimum Gasteiger partial charge on any atom is -0.463 e. The van der Waals surface area contributed by atoms with Gasteiger partial charge in [0.25, 0.3) is 0 Å². The van der Waals surface area contributed by atoms with Gasteiger partial charge in [0.2, 0.25) is 10.0 Å². The largest absolute Gasteiger partial charge is 0.463 e. The minimum atomic E-state index is -4.08. The van der Waals surface area contributed by atoms with Gasteiger partial charge in [-0.3, -0.25) is 4.72 Å². The van der Waals surface area contributed by atoms with Crippen molar-refractivity contribution in [1.29, 1.82) is 0 Å². The zero-order valence-corrected chi connectivity index (χ0v) is 18.8. The van der Waals surface area contributed by atoms with Crippen molar-refractivity contribution in [1.82, 2.24) is 0 Å². The second-order valence-corrected chi connectivity index (χ2v) is 9.74. The van der Waals surface area contributed by atoms with Crippen LogP contribution in [0.5, 0.6) is 0 Å². The molecule has 0 bridgehead atoms. The first-order valence-electron chi connectivity index (χ1n) is 9.89. The number of hydrogen-bond acceptors (Lipinski definition) is 8. The van der Waals surface area contributed by atoms with E-state index in [9.17, 15) is 23.4 Å². The first-order chi connectivity index (χ1) is 14.6. The quantitative estimate of drug-likeness (QED) is 0.506. The normalized spacial score (nSPS) is 28.4. The Morgan fingerprint density at radius 1 is 1.29 bits per heavy atom. The lowest BCUT2D eigenvalue weighted by Crippen LogP contribution is -2.42. The molecular weight excluding hydrogens is 450 g/mol. The second-order valence-electron chi connectivity index (χ2n) is 7.47. The molecule has 2 aliphatic rings. The van der Waals surface area contributed by atoms with Crippen LogP contribution in [-0.4, -0.2) is 67.7 Å². The summed E-state index contributed by atoms with van der Waals surface area (Å²) in [5.41, 5.74) is 0.927. The average molecular weight is 476 g/mol. The monoisotopic (exact) mass is 475 g/mol. The van der Waals surface area contributed by atoms with E-state index in [0.29, 0.717) is 0 Å². The van der Waals surface area contributed by atoms with E-state index < -0.39 is 52.5 Å². The molecule has 1 aliphatic carbocycles. The molecule has 3 unspecified atom stereocenters. The van der Waals surface area contributed by atoms with Gasteiger partial charge < -0.3 is 24.4 Å². The van der Waals surface area contributed by atoms with Gasteiger partial charge in [0.15, 0.2) is 5.79 Å². The van der Waals surface area contributed by atoms with Crippen LogP contribution < -0.4 is 4.72 Å². The Morgan fingerprint density at radius 2 is 1.94 bits per heavy atom. The molecule has 3 rings (SSSR count). The van der Waals surface area contributed by atoms with Gasteiger partial charge in [-0.25, -0.2) is 13.2 Å². The Morgan fingerprint density at radius 3 is 2.48 bits per heavy atom. The Bertz CT molecular complexity index is 952. The summed E-state index contributed by atoms with van der Waals surface area (Å²) in [6, 6.07) is 4.89. The van der Waals surface area contributed by atoms with Crippen molar-refractivity contribution in [3.8, 4) is 0 Å². The molecule has 172 valence electrons. The maximum Gasteiger partial charge on any atom is 0.335 e. The number of ether oxygens (including phenoxy) is 3. The van der Waals surface area contributed by atoms with Crippen LogP contribution >= 0.6 is 11.6 Å². The summed E-state index contributed by atoms with van der Waals surface area (Å²) in [4.78, 5) is 12.6. The number of halogens is 1. The highest BCUT2D eigenvalue weighted by molar-refractivity contribution is 7.93. The van der Waals surface area contributed by atoms with Gasteiger partial charge in [-0.15, -0.1) is 0 Å². The standard InChI is InChI=1S/C20H26ClNO8S/c1-3-28-19(25)13-9-20(29-16(10-23)17(11-24)30-20)7-6-18(13)31(26,27)22-15-5-4-12(2)8-14(15)21/h4-5,8-9,16-18,22-24H,3,6-7,10-11H2,1-2H3/t16-,17?,18?,20?/m1/s1. The van der Waals surface area contributed by atoms with Gasteiger partial charge >= 0.3 is 5.97 Å². The topological polar surface area (TPSA) is 131 Å². The molecule has 0 aromatic heterocycles. The second kappa shape index (κ2) is 9.43. The summed E-state index contributed by atoms with van der Waals surface area (Å²) in [5, 5.41) is 18.0. The smallest absolute Gasteiger partial charge is 0.335 e. The summed E-state index contributed by atoms with van der Waals surface area (Å²) in [6.45, 7) is 2.69. The number of anilines is 1. The maximum absolute atomic E-state index is 13.2. The van der Waals surface area contributed by atoms with Crippen molar-refractivity contribution in [3.63, 3.8) is 0 Å². The van der Waals surface area contributed by atoms with E-state index in [1.54, 1.807) is 25.1 Å². The molecule has 1 aromatic carbocycles. The first-order valence-corrected chi connectivity index (χ1v) is 11.8. The van der Waals surface area contributed by atoms with Crippen molar-refractivity contribution < 1.29 is 37.6 Å². The summed E-state index contributed by atoms with van der Waals surface area (Å²) >= 11 is 6.17. The number of sulfonamides is 1. The predicted molar refractivity (Wildman–Crippen MR) is 113 cm³/mol. The van der Waals surface area contributed by atoms with Crippen LogP contribution in [0.25, 0.3) is 0 Å². The number of nitrogens with one attached hydrogen (secondary N) is 1. The Hall–Kier alpha value is -1.69. The van der Waals surface area contributed by atoms with Crippen LogP contribution in [0.4, 0.5) is 5.69 Å². The average Bonchev–Trinajstić information content (AvgIpc) is 3.07. The Balaban J connectivity index is 1.95. The zero-order chi connectivity index (χ0) is 22.8. The van der Waals surface area contributed by atoms with E-state index in [1.165, 1.54) is 6.08 Å². The number of aliphatic hydroxyl groups is 2. The van der Waals surface area contributed by atoms with Crippen molar-refractivity contribution >= 4 is 33.3 Å². The maximum atomic E-state index is 13.2. The molecular formula is C20H26ClNO8S. The molecule has 1 saturated heterocycles. The molecule has 1 heterocycles. The van der Waals surface area contributed by atoms with Gasteiger partial charge in [0.05, 0.1) is 36.1 Å². The van der Waals surface area contributed by atoms with E-state index in [-0.39, 0.29) is 35.7 Å². The number of aryl methyl sites for hydroxylation is 1. The van der Waals surface area contributed by atoms with E-state index in [0.717, 1.165) is 5.56 Å². The van der Waals surface area contributed by atoms with E-state index in [4.69, 9.17) is 25.8 Å². The highest BCUT2D eigenvalue weighted by Crippen LogP contribution is 2.41. The van der Waals surface area contributed by atoms with Crippen molar-refractivity contribution in [2.75, 3.05) is 24.5 Å². The van der Waals surface area contributed by atoms with Crippen molar-refractivity contribution in [2.24, 2.45) is 0 Å². The number of carbonyl (C=O) groups is 1. The van der Waals surface area contributed by atoms with E-state index in [2.05, 4.69) is 4.72 Å². The lowest BCUT2D eigenvalue weighted by atomic mass is 9.94. The van der Waals surface area contributed by atoms with E-state index >= 15 is 0 Å². The third kappa shape index (κ3) is 5.05.